The molecule has 0 aromatic carbocycles. The van der Waals surface area contributed by atoms with E-state index in [1.807, 2.05) is 0 Å². The predicted octanol–water partition coefficient (Wildman–Crippen LogP) is 3.30. The van der Waals surface area contributed by atoms with Crippen molar-refractivity contribution in [3.05, 3.63) is 22.5 Å². The van der Waals surface area contributed by atoms with Gasteiger partial charge in [0.15, 0.2) is 0 Å². The Morgan fingerprint density at radius 2 is 1.88 bits per heavy atom. The monoisotopic (exact) mass is 234 g/mol. The topological polar surface area (TPSA) is 52.0 Å². The van der Waals surface area contributed by atoms with Gasteiger partial charge < -0.3 is 11.5 Å². The minimum Gasteiger partial charge on any atom is -0.397 e. The highest BCUT2D eigenvalue weighted by Crippen LogP contribution is 2.53. The molecule has 2 aliphatic rings. The summed E-state index contributed by atoms with van der Waals surface area (Å²) >= 11 is 0. The van der Waals surface area contributed by atoms with Gasteiger partial charge in [-0.25, -0.2) is 0 Å². The van der Waals surface area contributed by atoms with Gasteiger partial charge in [-0.2, -0.15) is 0 Å². The minimum atomic E-state index is 0.255. The Morgan fingerprint density at radius 1 is 1.24 bits per heavy atom. The molecule has 0 heterocycles. The minimum absolute atomic E-state index is 0.255. The van der Waals surface area contributed by atoms with Crippen molar-refractivity contribution in [2.45, 2.75) is 53.4 Å². The number of allylic oxidation sites excluding steroid dienone is 2. The van der Waals surface area contributed by atoms with Crippen LogP contribution in [0.15, 0.2) is 22.5 Å². The molecule has 2 atom stereocenters. The summed E-state index contributed by atoms with van der Waals surface area (Å²) in [7, 11) is 0. The van der Waals surface area contributed by atoms with Gasteiger partial charge in [0, 0.05) is 0 Å². The van der Waals surface area contributed by atoms with Gasteiger partial charge in [0.1, 0.15) is 0 Å². The first-order valence-corrected chi connectivity index (χ1v) is 6.86. The van der Waals surface area contributed by atoms with Crippen LogP contribution >= 0.6 is 0 Å². The molecule has 0 radical (unpaired) electrons. The predicted molar refractivity (Wildman–Crippen MR) is 73.0 cm³/mol. The van der Waals surface area contributed by atoms with Crippen LogP contribution in [0.25, 0.3) is 0 Å². The summed E-state index contributed by atoms with van der Waals surface area (Å²) in [4.78, 5) is 0. The SMILES string of the molecule is CC(C)C1=C(N)C(N)=C2CCCC(C)C2(C)C1. The summed E-state index contributed by atoms with van der Waals surface area (Å²) in [6.07, 6.45) is 4.82. The second kappa shape index (κ2) is 4.08. The van der Waals surface area contributed by atoms with E-state index in [9.17, 15) is 0 Å². The lowest BCUT2D eigenvalue weighted by atomic mass is 9.59. The first kappa shape index (κ1) is 12.5. The Bertz CT molecular complexity index is 390. The van der Waals surface area contributed by atoms with Gasteiger partial charge in [-0.1, -0.05) is 27.7 Å². The second-order valence-corrected chi connectivity index (χ2v) is 6.37. The Hall–Kier alpha value is -0.920. The first-order chi connectivity index (χ1) is 7.88. The van der Waals surface area contributed by atoms with Crippen molar-refractivity contribution >= 4 is 0 Å². The highest BCUT2D eigenvalue weighted by atomic mass is 14.7. The average Bonchev–Trinajstić information content (AvgIpc) is 2.26. The smallest absolute Gasteiger partial charge is 0.0545 e. The summed E-state index contributed by atoms with van der Waals surface area (Å²) in [6.45, 7) is 9.19. The van der Waals surface area contributed by atoms with Crippen LogP contribution in [0.4, 0.5) is 0 Å². The van der Waals surface area contributed by atoms with E-state index in [2.05, 4.69) is 27.7 Å². The van der Waals surface area contributed by atoms with Crippen LogP contribution in [0.3, 0.4) is 0 Å². The molecule has 0 aromatic heterocycles. The number of hydrogen-bond acceptors (Lipinski definition) is 2. The van der Waals surface area contributed by atoms with Crippen molar-refractivity contribution in [3.63, 3.8) is 0 Å². The maximum atomic E-state index is 6.31. The Kier molecular flexibility index (Phi) is 3.01. The molecule has 2 aliphatic carbocycles. The average molecular weight is 234 g/mol. The fourth-order valence-corrected chi connectivity index (χ4v) is 3.55. The summed E-state index contributed by atoms with van der Waals surface area (Å²) in [5.41, 5.74) is 17.4. The molecule has 1 fully saturated rings. The highest BCUT2D eigenvalue weighted by Gasteiger charge is 2.43. The van der Waals surface area contributed by atoms with Gasteiger partial charge in [0.25, 0.3) is 0 Å². The van der Waals surface area contributed by atoms with E-state index >= 15 is 0 Å². The second-order valence-electron chi connectivity index (χ2n) is 6.37. The standard InChI is InChI=1S/C15H26N2/c1-9(2)11-8-15(4)10(3)6-5-7-12(15)14(17)13(11)16/h9-10H,5-8,16-17H2,1-4H3. The Labute approximate surface area is 105 Å². The van der Waals surface area contributed by atoms with Crippen LogP contribution < -0.4 is 11.5 Å². The lowest BCUT2D eigenvalue weighted by molar-refractivity contribution is 0.188. The lowest BCUT2D eigenvalue weighted by Gasteiger charge is -2.47. The molecular weight excluding hydrogens is 208 g/mol. The van der Waals surface area contributed by atoms with E-state index in [4.69, 9.17) is 11.5 Å². The summed E-state index contributed by atoms with van der Waals surface area (Å²) in [6, 6.07) is 0. The largest absolute Gasteiger partial charge is 0.397 e. The van der Waals surface area contributed by atoms with E-state index in [1.54, 1.807) is 0 Å². The van der Waals surface area contributed by atoms with Crippen molar-refractivity contribution in [3.8, 4) is 0 Å². The summed E-state index contributed by atoms with van der Waals surface area (Å²) in [5, 5.41) is 0. The van der Waals surface area contributed by atoms with Gasteiger partial charge in [0.2, 0.25) is 0 Å². The zero-order valence-electron chi connectivity index (χ0n) is 11.6. The molecule has 2 rings (SSSR count). The van der Waals surface area contributed by atoms with Crippen molar-refractivity contribution < 1.29 is 0 Å². The molecule has 2 heteroatoms. The van der Waals surface area contributed by atoms with Gasteiger partial charge in [-0.05, 0) is 54.1 Å². The number of nitrogens with two attached hydrogens (primary N) is 2. The van der Waals surface area contributed by atoms with E-state index in [0.29, 0.717) is 11.8 Å². The molecule has 1 saturated carbocycles. The molecule has 0 aromatic rings. The molecule has 0 spiro atoms. The van der Waals surface area contributed by atoms with Crippen molar-refractivity contribution in [1.82, 2.24) is 0 Å². The van der Waals surface area contributed by atoms with Gasteiger partial charge >= 0.3 is 0 Å². The van der Waals surface area contributed by atoms with Crippen LogP contribution in [-0.4, -0.2) is 0 Å². The molecule has 0 bridgehead atoms. The molecule has 17 heavy (non-hydrogen) atoms. The molecule has 2 unspecified atom stereocenters. The van der Waals surface area contributed by atoms with Gasteiger partial charge in [-0.15, -0.1) is 0 Å². The number of rotatable bonds is 1. The zero-order chi connectivity index (χ0) is 12.8. The fourth-order valence-electron chi connectivity index (χ4n) is 3.55. The first-order valence-electron chi connectivity index (χ1n) is 6.86. The van der Waals surface area contributed by atoms with E-state index < -0.39 is 0 Å². The highest BCUT2D eigenvalue weighted by molar-refractivity contribution is 5.44. The summed E-state index contributed by atoms with van der Waals surface area (Å²) < 4.78 is 0. The van der Waals surface area contributed by atoms with Crippen LogP contribution in [0.5, 0.6) is 0 Å². The van der Waals surface area contributed by atoms with Crippen LogP contribution in [0.1, 0.15) is 53.4 Å². The fraction of sp³-hybridized carbons (Fsp3) is 0.733. The normalized spacial score (nSPS) is 34.3. The maximum Gasteiger partial charge on any atom is 0.0545 e. The van der Waals surface area contributed by atoms with E-state index in [0.717, 1.165) is 24.2 Å². The third-order valence-corrected chi connectivity index (χ3v) is 5.06. The molecule has 4 N–H and O–H groups in total. The number of hydrogen-bond donors (Lipinski definition) is 2. The van der Waals surface area contributed by atoms with Crippen molar-refractivity contribution in [2.24, 2.45) is 28.7 Å². The quantitative estimate of drug-likeness (QED) is 0.731. The van der Waals surface area contributed by atoms with E-state index in [1.165, 1.54) is 24.0 Å². The molecule has 2 nitrogen and oxygen atoms in total. The van der Waals surface area contributed by atoms with E-state index in [-0.39, 0.29) is 5.41 Å². The third kappa shape index (κ3) is 1.78. The van der Waals surface area contributed by atoms with Crippen molar-refractivity contribution in [1.29, 1.82) is 0 Å². The Morgan fingerprint density at radius 3 is 2.47 bits per heavy atom. The van der Waals surface area contributed by atoms with Gasteiger partial charge in [-0.3, -0.25) is 0 Å². The maximum absolute atomic E-state index is 6.31. The van der Waals surface area contributed by atoms with Crippen LogP contribution in [0, 0.1) is 17.3 Å². The van der Waals surface area contributed by atoms with Crippen LogP contribution in [-0.2, 0) is 0 Å². The Balaban J connectivity index is 2.51. The van der Waals surface area contributed by atoms with Crippen LogP contribution in [0.2, 0.25) is 0 Å². The molecular formula is C15H26N2. The van der Waals surface area contributed by atoms with Crippen molar-refractivity contribution in [2.75, 3.05) is 0 Å². The number of fused-ring (bicyclic) bond motifs is 1. The third-order valence-electron chi connectivity index (χ3n) is 5.06. The van der Waals surface area contributed by atoms with Gasteiger partial charge in [0.05, 0.1) is 11.4 Å². The molecule has 0 aliphatic heterocycles. The summed E-state index contributed by atoms with van der Waals surface area (Å²) in [5.74, 6) is 1.22. The molecule has 0 saturated heterocycles. The zero-order valence-corrected chi connectivity index (χ0v) is 11.6. The molecule has 96 valence electrons. The lowest BCUT2D eigenvalue weighted by Crippen LogP contribution is -2.39. The molecule has 0 amide bonds.